The van der Waals surface area contributed by atoms with Crippen LogP contribution in [-0.2, 0) is 4.79 Å². The zero-order valence-corrected chi connectivity index (χ0v) is 6.26. The van der Waals surface area contributed by atoms with Gasteiger partial charge in [-0.05, 0) is 19.3 Å². The van der Waals surface area contributed by atoms with Crippen LogP contribution in [0.1, 0.15) is 19.3 Å². The first-order chi connectivity index (χ1) is 5.38. The molecular weight excluding hydrogens is 140 g/mol. The Morgan fingerprint density at radius 3 is 2.91 bits per heavy atom. The molecule has 0 radical (unpaired) electrons. The molecule has 1 N–H and O–H groups in total. The molecule has 0 aliphatic carbocycles. The van der Waals surface area contributed by atoms with Gasteiger partial charge in [0.15, 0.2) is 6.29 Å². The van der Waals surface area contributed by atoms with Crippen LogP contribution in [0.2, 0.25) is 0 Å². The summed E-state index contributed by atoms with van der Waals surface area (Å²) in [6, 6.07) is 1.87. The third-order valence-electron chi connectivity index (χ3n) is 1.76. The lowest BCUT2D eigenvalue weighted by Crippen LogP contribution is -2.21. The summed E-state index contributed by atoms with van der Waals surface area (Å²) in [6.07, 6.45) is 3.65. The molecule has 1 aliphatic heterocycles. The molecule has 0 spiro atoms. The van der Waals surface area contributed by atoms with Crippen molar-refractivity contribution in [3.8, 4) is 6.07 Å². The minimum absolute atomic E-state index is 0.254. The van der Waals surface area contributed by atoms with E-state index in [0.717, 1.165) is 31.5 Å². The molecule has 0 amide bonds. The summed E-state index contributed by atoms with van der Waals surface area (Å²) >= 11 is 0. The topological polar surface area (TPSA) is 52.9 Å². The Morgan fingerprint density at radius 2 is 2.45 bits per heavy atom. The molecule has 0 aromatic carbocycles. The van der Waals surface area contributed by atoms with E-state index in [0.29, 0.717) is 6.29 Å². The van der Waals surface area contributed by atoms with E-state index in [1.54, 1.807) is 0 Å². The number of piperidine rings is 1. The van der Waals surface area contributed by atoms with Gasteiger partial charge in [0.1, 0.15) is 11.6 Å². The van der Waals surface area contributed by atoms with E-state index < -0.39 is 0 Å². The summed E-state index contributed by atoms with van der Waals surface area (Å²) < 4.78 is 0. The van der Waals surface area contributed by atoms with Gasteiger partial charge < -0.3 is 5.32 Å². The number of nitrogens with one attached hydrogen (secondary N) is 1. The van der Waals surface area contributed by atoms with Crippen molar-refractivity contribution in [1.29, 1.82) is 5.26 Å². The summed E-state index contributed by atoms with van der Waals surface area (Å²) in [4.78, 5) is 10.3. The highest BCUT2D eigenvalue weighted by Gasteiger charge is 2.08. The molecule has 11 heavy (non-hydrogen) atoms. The molecule has 1 aliphatic rings. The lowest BCUT2D eigenvalue weighted by molar-refractivity contribution is -0.104. The molecule has 3 heteroatoms. The number of nitrogens with zero attached hydrogens (tertiary/aromatic N) is 1. The maximum atomic E-state index is 10.3. The summed E-state index contributed by atoms with van der Waals surface area (Å²) in [6.45, 7) is 0.883. The van der Waals surface area contributed by atoms with Gasteiger partial charge in [-0.2, -0.15) is 5.26 Å². The summed E-state index contributed by atoms with van der Waals surface area (Å²) in [5.41, 5.74) is 1.07. The van der Waals surface area contributed by atoms with E-state index in [-0.39, 0.29) is 5.57 Å². The Labute approximate surface area is 65.7 Å². The molecule has 1 saturated heterocycles. The minimum Gasteiger partial charge on any atom is -0.387 e. The summed E-state index contributed by atoms with van der Waals surface area (Å²) in [5.74, 6) is 0. The highest BCUT2D eigenvalue weighted by Crippen LogP contribution is 2.12. The van der Waals surface area contributed by atoms with Gasteiger partial charge in [-0.15, -0.1) is 0 Å². The van der Waals surface area contributed by atoms with Crippen molar-refractivity contribution in [3.63, 3.8) is 0 Å². The standard InChI is InChI=1S/C8H10N2O/c9-5-7(6-11)8-3-1-2-4-10-8/h6,10H,1-4H2. The van der Waals surface area contributed by atoms with Crippen molar-refractivity contribution in [2.75, 3.05) is 6.54 Å². The normalized spacial score (nSPS) is 21.4. The van der Waals surface area contributed by atoms with E-state index in [1.165, 1.54) is 0 Å². The molecule has 0 atom stereocenters. The number of aldehydes is 1. The Hall–Kier alpha value is -1.30. The van der Waals surface area contributed by atoms with E-state index in [4.69, 9.17) is 5.26 Å². The average Bonchev–Trinajstić information content (AvgIpc) is 2.09. The predicted molar refractivity (Wildman–Crippen MR) is 40.6 cm³/mol. The van der Waals surface area contributed by atoms with E-state index in [2.05, 4.69) is 5.32 Å². The van der Waals surface area contributed by atoms with Crippen LogP contribution in [0.15, 0.2) is 11.3 Å². The van der Waals surface area contributed by atoms with Gasteiger partial charge >= 0.3 is 0 Å². The molecule has 0 aromatic rings. The number of allylic oxidation sites excluding steroid dienone is 2. The van der Waals surface area contributed by atoms with Crippen LogP contribution in [-0.4, -0.2) is 12.8 Å². The van der Waals surface area contributed by atoms with Gasteiger partial charge in [-0.25, -0.2) is 0 Å². The quantitative estimate of drug-likeness (QED) is 0.340. The Bertz CT molecular complexity index is 217. The SMILES string of the molecule is N#CC(C=O)=C1CCCCN1. The smallest absolute Gasteiger partial charge is 0.162 e. The van der Waals surface area contributed by atoms with Crippen molar-refractivity contribution in [3.05, 3.63) is 11.3 Å². The second-order valence-corrected chi connectivity index (χ2v) is 2.51. The highest BCUT2D eigenvalue weighted by atomic mass is 16.1. The number of carbonyl (C=O) groups excluding carboxylic acids is 1. The van der Waals surface area contributed by atoms with E-state index in [9.17, 15) is 4.79 Å². The van der Waals surface area contributed by atoms with Crippen molar-refractivity contribution < 1.29 is 4.79 Å². The van der Waals surface area contributed by atoms with E-state index in [1.807, 2.05) is 6.07 Å². The highest BCUT2D eigenvalue weighted by molar-refractivity contribution is 5.80. The Kier molecular flexibility index (Phi) is 2.67. The lowest BCUT2D eigenvalue weighted by atomic mass is 10.1. The average molecular weight is 150 g/mol. The second kappa shape index (κ2) is 3.77. The third kappa shape index (κ3) is 1.81. The Morgan fingerprint density at radius 1 is 1.64 bits per heavy atom. The first-order valence-corrected chi connectivity index (χ1v) is 3.71. The van der Waals surface area contributed by atoms with Crippen molar-refractivity contribution in [2.24, 2.45) is 0 Å². The van der Waals surface area contributed by atoms with Crippen LogP contribution in [0.25, 0.3) is 0 Å². The van der Waals surface area contributed by atoms with Crippen LogP contribution in [0, 0.1) is 11.3 Å². The first-order valence-electron chi connectivity index (χ1n) is 3.71. The molecule has 1 heterocycles. The maximum absolute atomic E-state index is 10.3. The molecule has 1 fully saturated rings. The summed E-state index contributed by atoms with van der Waals surface area (Å²) in [5, 5.41) is 11.5. The van der Waals surface area contributed by atoms with Gasteiger partial charge in [-0.1, -0.05) is 0 Å². The van der Waals surface area contributed by atoms with Crippen molar-refractivity contribution in [2.45, 2.75) is 19.3 Å². The molecule has 1 rings (SSSR count). The lowest BCUT2D eigenvalue weighted by Gasteiger charge is -2.16. The molecule has 0 bridgehead atoms. The largest absolute Gasteiger partial charge is 0.387 e. The number of hydrogen-bond acceptors (Lipinski definition) is 3. The fourth-order valence-electron chi connectivity index (χ4n) is 1.15. The van der Waals surface area contributed by atoms with Gasteiger partial charge in [0.2, 0.25) is 0 Å². The van der Waals surface area contributed by atoms with Gasteiger partial charge in [0, 0.05) is 12.2 Å². The second-order valence-electron chi connectivity index (χ2n) is 2.51. The fourth-order valence-corrected chi connectivity index (χ4v) is 1.15. The Balaban J connectivity index is 2.75. The van der Waals surface area contributed by atoms with E-state index >= 15 is 0 Å². The molecule has 58 valence electrons. The predicted octanol–water partition coefficient (Wildman–Crippen LogP) is 0.736. The van der Waals surface area contributed by atoms with Crippen LogP contribution in [0.4, 0.5) is 0 Å². The molecular formula is C8H10N2O. The number of carbonyl (C=O) groups is 1. The van der Waals surface area contributed by atoms with Crippen LogP contribution in [0.3, 0.4) is 0 Å². The van der Waals surface area contributed by atoms with Gasteiger partial charge in [-0.3, -0.25) is 4.79 Å². The zero-order chi connectivity index (χ0) is 8.10. The minimum atomic E-state index is 0.254. The van der Waals surface area contributed by atoms with Crippen LogP contribution in [0.5, 0.6) is 0 Å². The number of rotatable bonds is 1. The third-order valence-corrected chi connectivity index (χ3v) is 1.76. The number of nitriles is 1. The van der Waals surface area contributed by atoms with Crippen LogP contribution < -0.4 is 5.32 Å². The molecule has 0 unspecified atom stereocenters. The van der Waals surface area contributed by atoms with Crippen LogP contribution >= 0.6 is 0 Å². The maximum Gasteiger partial charge on any atom is 0.162 e. The monoisotopic (exact) mass is 150 g/mol. The molecule has 0 aromatic heterocycles. The fraction of sp³-hybridized carbons (Fsp3) is 0.500. The first kappa shape index (κ1) is 7.80. The van der Waals surface area contributed by atoms with Crippen molar-refractivity contribution in [1.82, 2.24) is 5.32 Å². The zero-order valence-electron chi connectivity index (χ0n) is 6.26. The number of hydrogen-bond donors (Lipinski definition) is 1. The van der Waals surface area contributed by atoms with Crippen molar-refractivity contribution >= 4 is 6.29 Å². The van der Waals surface area contributed by atoms with Gasteiger partial charge in [0.05, 0.1) is 0 Å². The summed E-state index contributed by atoms with van der Waals surface area (Å²) in [7, 11) is 0. The molecule has 0 saturated carbocycles. The molecule has 3 nitrogen and oxygen atoms in total. The van der Waals surface area contributed by atoms with Gasteiger partial charge in [0.25, 0.3) is 0 Å².